The van der Waals surface area contributed by atoms with Crippen molar-refractivity contribution in [2.75, 3.05) is 6.54 Å². The molecule has 1 aliphatic rings. The van der Waals surface area contributed by atoms with Crippen LogP contribution in [0.5, 0.6) is 0 Å². The molecule has 3 heteroatoms. The third-order valence-corrected chi connectivity index (χ3v) is 3.31. The number of carbonyl (C=O) groups excluding carboxylic acids is 2. The Morgan fingerprint density at radius 1 is 1.40 bits per heavy atom. The summed E-state index contributed by atoms with van der Waals surface area (Å²) in [6.45, 7) is 8.21. The van der Waals surface area contributed by atoms with Crippen LogP contribution in [0, 0.1) is 11.8 Å². The summed E-state index contributed by atoms with van der Waals surface area (Å²) in [5.41, 5.74) is 0. The van der Waals surface area contributed by atoms with Gasteiger partial charge >= 0.3 is 0 Å². The minimum absolute atomic E-state index is 0.0176. The van der Waals surface area contributed by atoms with Crippen LogP contribution in [0.1, 0.15) is 40.5 Å². The first-order valence-electron chi connectivity index (χ1n) is 5.80. The Balaban J connectivity index is 2.86. The Morgan fingerprint density at radius 2 is 2.00 bits per heavy atom. The van der Waals surface area contributed by atoms with Crippen LogP contribution in [0.15, 0.2) is 0 Å². The number of nitrogens with zero attached hydrogens (tertiary/aromatic N) is 1. The number of likely N-dealkylation sites (tertiary alicyclic amines) is 1. The molecule has 1 rings (SSSR count). The van der Waals surface area contributed by atoms with Crippen molar-refractivity contribution in [2.45, 2.75) is 46.6 Å². The molecule has 0 aliphatic carbocycles. The van der Waals surface area contributed by atoms with E-state index in [1.807, 2.05) is 13.8 Å². The van der Waals surface area contributed by atoms with Gasteiger partial charge in [-0.05, 0) is 12.3 Å². The molecular weight excluding hydrogens is 190 g/mol. The van der Waals surface area contributed by atoms with Crippen molar-refractivity contribution in [3.63, 3.8) is 0 Å². The van der Waals surface area contributed by atoms with Gasteiger partial charge in [0.05, 0.1) is 6.04 Å². The summed E-state index contributed by atoms with van der Waals surface area (Å²) in [7, 11) is 0. The quantitative estimate of drug-likeness (QED) is 0.714. The fourth-order valence-corrected chi connectivity index (χ4v) is 2.36. The largest absolute Gasteiger partial charge is 0.333 e. The highest BCUT2D eigenvalue weighted by Gasteiger charge is 2.39. The van der Waals surface area contributed by atoms with E-state index in [1.54, 1.807) is 11.8 Å². The molecule has 3 nitrogen and oxygen atoms in total. The molecule has 1 heterocycles. The molecule has 0 bridgehead atoms. The Labute approximate surface area is 91.8 Å². The van der Waals surface area contributed by atoms with Crippen LogP contribution in [-0.2, 0) is 9.59 Å². The summed E-state index contributed by atoms with van der Waals surface area (Å²) in [4.78, 5) is 25.2. The Morgan fingerprint density at radius 3 is 2.40 bits per heavy atom. The van der Waals surface area contributed by atoms with Gasteiger partial charge in [0.15, 0.2) is 5.78 Å². The minimum atomic E-state index is -0.160. The normalized spacial score (nSPS) is 26.1. The topological polar surface area (TPSA) is 37.4 Å². The second-order valence-corrected chi connectivity index (χ2v) is 4.67. The third-order valence-electron chi connectivity index (χ3n) is 3.31. The van der Waals surface area contributed by atoms with Crippen molar-refractivity contribution in [2.24, 2.45) is 11.8 Å². The van der Waals surface area contributed by atoms with E-state index in [-0.39, 0.29) is 23.7 Å². The highest BCUT2D eigenvalue weighted by molar-refractivity contribution is 5.90. The van der Waals surface area contributed by atoms with Crippen LogP contribution in [-0.4, -0.2) is 29.2 Å². The molecule has 1 fully saturated rings. The Bertz CT molecular complexity index is 260. The summed E-state index contributed by atoms with van der Waals surface area (Å²) >= 11 is 0. The van der Waals surface area contributed by atoms with E-state index in [4.69, 9.17) is 0 Å². The lowest BCUT2D eigenvalue weighted by molar-refractivity contribution is -0.138. The maximum absolute atomic E-state index is 12.0. The van der Waals surface area contributed by atoms with Gasteiger partial charge in [0.1, 0.15) is 0 Å². The van der Waals surface area contributed by atoms with Crippen LogP contribution in [0.4, 0.5) is 0 Å². The second kappa shape index (κ2) is 4.77. The lowest BCUT2D eigenvalue weighted by Crippen LogP contribution is -2.44. The van der Waals surface area contributed by atoms with E-state index >= 15 is 0 Å². The van der Waals surface area contributed by atoms with Gasteiger partial charge in [-0.1, -0.05) is 27.2 Å². The first kappa shape index (κ1) is 12.2. The molecule has 0 aromatic heterocycles. The van der Waals surface area contributed by atoms with Gasteiger partial charge < -0.3 is 4.90 Å². The molecule has 86 valence electrons. The molecule has 1 unspecified atom stereocenters. The fourth-order valence-electron chi connectivity index (χ4n) is 2.36. The molecule has 0 saturated carbocycles. The van der Waals surface area contributed by atoms with Crippen molar-refractivity contribution in [3.05, 3.63) is 0 Å². The SMILES string of the molecule is CCC1CCN(C(C)=O)[C@@H]1C(=O)C(C)C. The number of carbonyl (C=O) groups is 2. The summed E-state index contributed by atoms with van der Waals surface area (Å²) in [6.07, 6.45) is 1.95. The summed E-state index contributed by atoms with van der Waals surface area (Å²) in [5.74, 6) is 0.632. The molecule has 0 N–H and O–H groups in total. The summed E-state index contributed by atoms with van der Waals surface area (Å²) in [6, 6.07) is -0.160. The Hall–Kier alpha value is -0.860. The fraction of sp³-hybridized carbons (Fsp3) is 0.833. The van der Waals surface area contributed by atoms with E-state index < -0.39 is 0 Å². The van der Waals surface area contributed by atoms with Gasteiger partial charge in [-0.15, -0.1) is 0 Å². The third kappa shape index (κ3) is 2.39. The van der Waals surface area contributed by atoms with Crippen LogP contribution in [0.25, 0.3) is 0 Å². The average Bonchev–Trinajstić information content (AvgIpc) is 2.59. The first-order valence-corrected chi connectivity index (χ1v) is 5.80. The lowest BCUT2D eigenvalue weighted by Gasteiger charge is -2.27. The van der Waals surface area contributed by atoms with E-state index in [1.165, 1.54) is 0 Å². The number of hydrogen-bond acceptors (Lipinski definition) is 2. The van der Waals surface area contributed by atoms with Crippen LogP contribution in [0.3, 0.4) is 0 Å². The van der Waals surface area contributed by atoms with Crippen molar-refractivity contribution in [3.8, 4) is 0 Å². The van der Waals surface area contributed by atoms with Crippen LogP contribution >= 0.6 is 0 Å². The molecule has 0 radical (unpaired) electrons. The highest BCUT2D eigenvalue weighted by Crippen LogP contribution is 2.29. The smallest absolute Gasteiger partial charge is 0.220 e. The van der Waals surface area contributed by atoms with Crippen LogP contribution < -0.4 is 0 Å². The standard InChI is InChI=1S/C12H21NO2/c1-5-10-6-7-13(9(4)14)11(10)12(15)8(2)3/h8,10-11H,5-7H2,1-4H3/t10?,11-/m0/s1. The van der Waals surface area contributed by atoms with Gasteiger partial charge in [0, 0.05) is 19.4 Å². The average molecular weight is 211 g/mol. The molecule has 2 atom stereocenters. The number of amides is 1. The zero-order valence-corrected chi connectivity index (χ0v) is 10.1. The van der Waals surface area contributed by atoms with E-state index in [9.17, 15) is 9.59 Å². The van der Waals surface area contributed by atoms with Crippen molar-refractivity contribution >= 4 is 11.7 Å². The van der Waals surface area contributed by atoms with Crippen molar-refractivity contribution in [1.82, 2.24) is 4.90 Å². The van der Waals surface area contributed by atoms with E-state index in [0.29, 0.717) is 5.92 Å². The highest BCUT2D eigenvalue weighted by atomic mass is 16.2. The van der Waals surface area contributed by atoms with Gasteiger partial charge in [0.2, 0.25) is 5.91 Å². The van der Waals surface area contributed by atoms with Gasteiger partial charge in [-0.2, -0.15) is 0 Å². The summed E-state index contributed by atoms with van der Waals surface area (Å²) < 4.78 is 0. The van der Waals surface area contributed by atoms with Crippen molar-refractivity contribution in [1.29, 1.82) is 0 Å². The maximum atomic E-state index is 12.0. The maximum Gasteiger partial charge on any atom is 0.220 e. The summed E-state index contributed by atoms with van der Waals surface area (Å²) in [5, 5.41) is 0. The number of ketones is 1. The Kier molecular flexibility index (Phi) is 3.89. The predicted octanol–water partition coefficient (Wildman–Crippen LogP) is 1.86. The molecule has 0 spiro atoms. The lowest BCUT2D eigenvalue weighted by atomic mass is 9.89. The number of rotatable bonds is 3. The predicted molar refractivity (Wildman–Crippen MR) is 59.4 cm³/mol. The first-order chi connectivity index (χ1) is 6.99. The number of Topliss-reactive ketones (excluding diaryl/α,β-unsaturated/α-hetero) is 1. The van der Waals surface area contributed by atoms with Crippen molar-refractivity contribution < 1.29 is 9.59 Å². The van der Waals surface area contributed by atoms with Gasteiger partial charge in [0.25, 0.3) is 0 Å². The zero-order chi connectivity index (χ0) is 11.6. The molecule has 0 aromatic carbocycles. The minimum Gasteiger partial charge on any atom is -0.333 e. The molecular formula is C12H21NO2. The van der Waals surface area contributed by atoms with Gasteiger partial charge in [-0.25, -0.2) is 0 Å². The molecule has 15 heavy (non-hydrogen) atoms. The van der Waals surface area contributed by atoms with E-state index in [0.717, 1.165) is 19.4 Å². The second-order valence-electron chi connectivity index (χ2n) is 4.67. The van der Waals surface area contributed by atoms with Gasteiger partial charge in [-0.3, -0.25) is 9.59 Å². The molecule has 1 aliphatic heterocycles. The van der Waals surface area contributed by atoms with Crippen LogP contribution in [0.2, 0.25) is 0 Å². The molecule has 1 saturated heterocycles. The molecule has 0 aromatic rings. The zero-order valence-electron chi connectivity index (χ0n) is 10.1. The van der Waals surface area contributed by atoms with E-state index in [2.05, 4.69) is 6.92 Å². The monoisotopic (exact) mass is 211 g/mol. The number of hydrogen-bond donors (Lipinski definition) is 0. The molecule has 1 amide bonds.